The fraction of sp³-hybridized carbons (Fsp3) is 0.733. The molecule has 0 bridgehead atoms. The van der Waals surface area contributed by atoms with E-state index in [9.17, 15) is 0 Å². The second-order valence-electron chi connectivity index (χ2n) is 5.97. The molecule has 2 nitrogen and oxygen atoms in total. The number of hydrogen-bond donors (Lipinski definition) is 1. The van der Waals surface area contributed by atoms with E-state index in [4.69, 9.17) is 0 Å². The molecule has 1 aromatic rings. The van der Waals surface area contributed by atoms with Crippen LogP contribution >= 0.6 is 11.3 Å². The number of rotatable bonds is 4. The number of fused-ring (bicyclic) bond motifs is 1. The van der Waals surface area contributed by atoms with Crippen LogP contribution in [0.15, 0.2) is 6.07 Å². The molecule has 2 unspecified atom stereocenters. The van der Waals surface area contributed by atoms with Gasteiger partial charge in [-0.25, -0.2) is 0 Å². The van der Waals surface area contributed by atoms with Gasteiger partial charge in [-0.3, -0.25) is 4.90 Å². The van der Waals surface area contributed by atoms with E-state index in [1.54, 1.807) is 5.56 Å². The van der Waals surface area contributed by atoms with Gasteiger partial charge in [0.25, 0.3) is 0 Å². The van der Waals surface area contributed by atoms with Crippen molar-refractivity contribution < 1.29 is 0 Å². The number of likely N-dealkylation sites (tertiary alicyclic amines) is 1. The van der Waals surface area contributed by atoms with Crippen molar-refractivity contribution in [1.29, 1.82) is 0 Å². The smallest absolute Gasteiger partial charge is 0.0296 e. The number of nitrogens with one attached hydrogen (secondary N) is 1. The van der Waals surface area contributed by atoms with E-state index in [0.717, 1.165) is 18.4 Å². The third kappa shape index (κ3) is 2.49. The van der Waals surface area contributed by atoms with Gasteiger partial charge in [0.15, 0.2) is 0 Å². The lowest BCUT2D eigenvalue weighted by molar-refractivity contribution is 0.303. The molecule has 3 heteroatoms. The van der Waals surface area contributed by atoms with E-state index in [2.05, 4.69) is 23.2 Å². The molecule has 2 atom stereocenters. The molecule has 1 N–H and O–H groups in total. The van der Waals surface area contributed by atoms with Crippen LogP contribution in [0.5, 0.6) is 0 Å². The molecule has 1 saturated heterocycles. The van der Waals surface area contributed by atoms with Crippen molar-refractivity contribution in [3.8, 4) is 0 Å². The highest BCUT2D eigenvalue weighted by Gasteiger charge is 2.35. The third-order valence-corrected chi connectivity index (χ3v) is 5.71. The summed E-state index contributed by atoms with van der Waals surface area (Å²) in [6, 6.07) is 2.41. The minimum absolute atomic E-state index is 1.01. The van der Waals surface area contributed by atoms with Crippen molar-refractivity contribution in [2.75, 3.05) is 20.1 Å². The molecular weight excluding hydrogens is 240 g/mol. The van der Waals surface area contributed by atoms with Crippen LogP contribution in [0.25, 0.3) is 0 Å². The first-order valence-corrected chi connectivity index (χ1v) is 8.03. The first-order valence-electron chi connectivity index (χ1n) is 7.21. The zero-order valence-corrected chi connectivity index (χ0v) is 12.4. The molecule has 3 rings (SSSR count). The van der Waals surface area contributed by atoms with Gasteiger partial charge in [-0.2, -0.15) is 0 Å². The van der Waals surface area contributed by atoms with Crippen LogP contribution in [0.4, 0.5) is 0 Å². The normalized spacial score (nSPS) is 27.9. The molecule has 0 amide bonds. The van der Waals surface area contributed by atoms with Crippen LogP contribution in [-0.4, -0.2) is 25.0 Å². The molecule has 0 aromatic carbocycles. The highest BCUT2D eigenvalue weighted by molar-refractivity contribution is 7.12. The van der Waals surface area contributed by atoms with Gasteiger partial charge in [0.1, 0.15) is 0 Å². The monoisotopic (exact) mass is 264 g/mol. The summed E-state index contributed by atoms with van der Waals surface area (Å²) >= 11 is 1.95. The fourth-order valence-electron chi connectivity index (χ4n) is 3.71. The van der Waals surface area contributed by atoms with Gasteiger partial charge in [0.05, 0.1) is 0 Å². The molecule has 2 fully saturated rings. The number of hydrogen-bond acceptors (Lipinski definition) is 3. The molecule has 2 aliphatic rings. The molecule has 0 radical (unpaired) electrons. The summed E-state index contributed by atoms with van der Waals surface area (Å²) in [6.45, 7) is 7.16. The number of thiophene rings is 1. The second-order valence-corrected chi connectivity index (χ2v) is 7.31. The van der Waals surface area contributed by atoms with Crippen LogP contribution in [0.2, 0.25) is 0 Å². The Kier molecular flexibility index (Phi) is 3.73. The number of aryl methyl sites for hydroxylation is 1. The van der Waals surface area contributed by atoms with Crippen molar-refractivity contribution in [3.05, 3.63) is 21.4 Å². The Labute approximate surface area is 114 Å². The Balaban J connectivity index is 1.62. The number of nitrogens with zero attached hydrogens (tertiary/aromatic N) is 1. The van der Waals surface area contributed by atoms with Crippen LogP contribution in [-0.2, 0) is 13.1 Å². The Morgan fingerprint density at radius 1 is 1.33 bits per heavy atom. The van der Waals surface area contributed by atoms with Gasteiger partial charge in [-0.1, -0.05) is 6.42 Å². The molecule has 18 heavy (non-hydrogen) atoms. The standard InChI is InChI=1S/C15H24N2S/c1-11-14(6-15(18-11)7-16-2)10-17-8-12-4-3-5-13(12)9-17/h6,12-13,16H,3-5,7-10H2,1-2H3. The van der Waals surface area contributed by atoms with Crippen LogP contribution in [0, 0.1) is 18.8 Å². The molecule has 1 aliphatic heterocycles. The lowest BCUT2D eigenvalue weighted by Crippen LogP contribution is -2.21. The van der Waals surface area contributed by atoms with E-state index < -0.39 is 0 Å². The fourth-order valence-corrected chi connectivity index (χ4v) is 4.77. The summed E-state index contributed by atoms with van der Waals surface area (Å²) in [5.74, 6) is 2.03. The van der Waals surface area contributed by atoms with E-state index in [-0.39, 0.29) is 0 Å². The summed E-state index contributed by atoms with van der Waals surface area (Å²) in [6.07, 6.45) is 4.44. The van der Waals surface area contributed by atoms with Gasteiger partial charge < -0.3 is 5.32 Å². The Morgan fingerprint density at radius 2 is 2.06 bits per heavy atom. The Hall–Kier alpha value is -0.380. The Morgan fingerprint density at radius 3 is 2.72 bits per heavy atom. The zero-order valence-electron chi connectivity index (χ0n) is 11.5. The predicted molar refractivity (Wildman–Crippen MR) is 77.9 cm³/mol. The van der Waals surface area contributed by atoms with Crippen molar-refractivity contribution >= 4 is 11.3 Å². The highest BCUT2D eigenvalue weighted by atomic mass is 32.1. The van der Waals surface area contributed by atoms with E-state index in [1.165, 1.54) is 48.7 Å². The van der Waals surface area contributed by atoms with Crippen molar-refractivity contribution in [1.82, 2.24) is 10.2 Å². The average Bonchev–Trinajstić information content (AvgIpc) is 2.95. The van der Waals surface area contributed by atoms with Crippen LogP contribution < -0.4 is 5.32 Å². The first-order chi connectivity index (χ1) is 8.76. The molecule has 1 aromatic heterocycles. The average molecular weight is 264 g/mol. The van der Waals surface area contributed by atoms with Gasteiger partial charge in [-0.15, -0.1) is 11.3 Å². The molecule has 1 saturated carbocycles. The van der Waals surface area contributed by atoms with Crippen molar-refractivity contribution in [2.45, 2.75) is 39.3 Å². The SMILES string of the molecule is CNCc1cc(CN2CC3CCCC3C2)c(C)s1. The van der Waals surface area contributed by atoms with Crippen LogP contribution in [0.1, 0.15) is 34.6 Å². The quantitative estimate of drug-likeness (QED) is 0.899. The van der Waals surface area contributed by atoms with Gasteiger partial charge in [0, 0.05) is 35.9 Å². The zero-order chi connectivity index (χ0) is 12.5. The maximum absolute atomic E-state index is 3.25. The first kappa shape index (κ1) is 12.6. The van der Waals surface area contributed by atoms with E-state index in [0.29, 0.717) is 0 Å². The maximum atomic E-state index is 3.25. The van der Waals surface area contributed by atoms with E-state index in [1.807, 2.05) is 18.4 Å². The summed E-state index contributed by atoms with van der Waals surface area (Å²) in [5, 5.41) is 3.25. The highest BCUT2D eigenvalue weighted by Crippen LogP contribution is 2.38. The molecule has 0 spiro atoms. The van der Waals surface area contributed by atoms with Gasteiger partial charge in [-0.05, 0) is 50.3 Å². The summed E-state index contributed by atoms with van der Waals surface area (Å²) in [4.78, 5) is 5.67. The van der Waals surface area contributed by atoms with Gasteiger partial charge >= 0.3 is 0 Å². The summed E-state index contributed by atoms with van der Waals surface area (Å²) < 4.78 is 0. The second kappa shape index (κ2) is 5.32. The van der Waals surface area contributed by atoms with Crippen molar-refractivity contribution in [3.63, 3.8) is 0 Å². The molecule has 1 aliphatic carbocycles. The lowest BCUT2D eigenvalue weighted by atomic mass is 10.0. The topological polar surface area (TPSA) is 15.3 Å². The lowest BCUT2D eigenvalue weighted by Gasteiger charge is -2.16. The molecular formula is C15H24N2S. The largest absolute Gasteiger partial charge is 0.315 e. The van der Waals surface area contributed by atoms with E-state index >= 15 is 0 Å². The molecule has 2 heterocycles. The summed E-state index contributed by atoms with van der Waals surface area (Å²) in [7, 11) is 2.02. The third-order valence-electron chi connectivity index (χ3n) is 4.62. The van der Waals surface area contributed by atoms with Crippen molar-refractivity contribution in [2.24, 2.45) is 11.8 Å². The van der Waals surface area contributed by atoms with Crippen LogP contribution in [0.3, 0.4) is 0 Å². The Bertz CT molecular complexity index is 401. The maximum Gasteiger partial charge on any atom is 0.0296 e. The minimum atomic E-state index is 1.01. The predicted octanol–water partition coefficient (Wildman–Crippen LogP) is 3.01. The summed E-state index contributed by atoms with van der Waals surface area (Å²) in [5.41, 5.74) is 1.56. The minimum Gasteiger partial charge on any atom is -0.315 e. The molecule has 100 valence electrons. The van der Waals surface area contributed by atoms with Gasteiger partial charge in [0.2, 0.25) is 0 Å².